The van der Waals surface area contributed by atoms with Crippen molar-refractivity contribution < 1.29 is 14.3 Å². The molecule has 2 atom stereocenters. The Labute approximate surface area is 204 Å². The summed E-state index contributed by atoms with van der Waals surface area (Å²) in [5.41, 5.74) is 0.698. The number of rotatable bonds is 8. The molecule has 2 saturated heterocycles. The molecule has 0 spiro atoms. The highest BCUT2D eigenvalue weighted by Gasteiger charge is 2.42. The largest absolute Gasteiger partial charge is 0.493 e. The van der Waals surface area contributed by atoms with Gasteiger partial charge in [0.25, 0.3) is 0 Å². The van der Waals surface area contributed by atoms with Crippen LogP contribution in [0.1, 0.15) is 63.4 Å². The van der Waals surface area contributed by atoms with Gasteiger partial charge in [0.15, 0.2) is 0 Å². The number of ether oxygens (including phenoxy) is 1. The van der Waals surface area contributed by atoms with E-state index in [2.05, 4.69) is 6.92 Å². The van der Waals surface area contributed by atoms with Crippen molar-refractivity contribution in [2.75, 3.05) is 32.8 Å². The molecule has 0 N–H and O–H groups in total. The van der Waals surface area contributed by atoms with Crippen LogP contribution in [-0.4, -0.2) is 54.4 Å². The Morgan fingerprint density at radius 3 is 2.21 bits per heavy atom. The highest BCUT2D eigenvalue weighted by Crippen LogP contribution is 2.37. The van der Waals surface area contributed by atoms with Gasteiger partial charge < -0.3 is 14.5 Å². The van der Waals surface area contributed by atoms with Gasteiger partial charge in [-0.1, -0.05) is 55.5 Å². The van der Waals surface area contributed by atoms with Gasteiger partial charge in [0.2, 0.25) is 11.8 Å². The maximum Gasteiger partial charge on any atom is 0.230 e. The first-order valence-corrected chi connectivity index (χ1v) is 12.9. The van der Waals surface area contributed by atoms with E-state index in [9.17, 15) is 9.59 Å². The number of piperidine rings is 2. The zero-order chi connectivity index (χ0) is 23.8. The smallest absolute Gasteiger partial charge is 0.230 e. The van der Waals surface area contributed by atoms with Crippen molar-refractivity contribution in [1.29, 1.82) is 0 Å². The predicted octanol–water partition coefficient (Wildman–Crippen LogP) is 5.27. The third-order valence-corrected chi connectivity index (χ3v) is 7.40. The number of para-hydroxylation sites is 1. The van der Waals surface area contributed by atoms with E-state index in [1.807, 2.05) is 70.5 Å². The van der Waals surface area contributed by atoms with Crippen LogP contribution < -0.4 is 4.74 Å². The molecule has 4 rings (SSSR count). The second-order valence-electron chi connectivity index (χ2n) is 9.95. The van der Waals surface area contributed by atoms with Crippen molar-refractivity contribution in [2.45, 2.75) is 57.8 Å². The van der Waals surface area contributed by atoms with Gasteiger partial charge in [0.05, 0.1) is 12.5 Å². The average Bonchev–Trinajstić information content (AvgIpc) is 2.90. The SMILES string of the molecule is CCC(C(=O)N1CCCC(COc2ccccc2)(CC(=O)N2CCCCC2)C1)c1ccccc1. The highest BCUT2D eigenvalue weighted by atomic mass is 16.5. The topological polar surface area (TPSA) is 49.9 Å². The summed E-state index contributed by atoms with van der Waals surface area (Å²) in [5, 5.41) is 0. The number of carbonyl (C=O) groups is 2. The van der Waals surface area contributed by atoms with Gasteiger partial charge in [0, 0.05) is 38.0 Å². The number of nitrogens with zero attached hydrogens (tertiary/aromatic N) is 2. The molecule has 5 heteroatoms. The van der Waals surface area contributed by atoms with Gasteiger partial charge in [-0.05, 0) is 56.2 Å². The van der Waals surface area contributed by atoms with Crippen molar-refractivity contribution in [3.8, 4) is 5.75 Å². The minimum Gasteiger partial charge on any atom is -0.493 e. The predicted molar refractivity (Wildman–Crippen MR) is 135 cm³/mol. The lowest BCUT2D eigenvalue weighted by Gasteiger charge is -2.44. The van der Waals surface area contributed by atoms with Crippen LogP contribution in [0, 0.1) is 5.41 Å². The molecule has 2 heterocycles. The first-order valence-electron chi connectivity index (χ1n) is 12.9. The zero-order valence-electron chi connectivity index (χ0n) is 20.5. The molecule has 0 saturated carbocycles. The molecule has 2 fully saturated rings. The average molecular weight is 463 g/mol. The van der Waals surface area contributed by atoms with E-state index in [-0.39, 0.29) is 23.1 Å². The first-order chi connectivity index (χ1) is 16.6. The second kappa shape index (κ2) is 11.5. The van der Waals surface area contributed by atoms with Crippen LogP contribution in [0.3, 0.4) is 0 Å². The Balaban J connectivity index is 1.52. The molecule has 182 valence electrons. The number of likely N-dealkylation sites (tertiary alicyclic amines) is 2. The summed E-state index contributed by atoms with van der Waals surface area (Å²) in [6, 6.07) is 19.9. The monoisotopic (exact) mass is 462 g/mol. The number of hydrogen-bond acceptors (Lipinski definition) is 3. The molecule has 0 bridgehead atoms. The molecule has 2 aliphatic heterocycles. The van der Waals surface area contributed by atoms with Gasteiger partial charge in [-0.3, -0.25) is 9.59 Å². The Morgan fingerprint density at radius 2 is 1.53 bits per heavy atom. The summed E-state index contributed by atoms with van der Waals surface area (Å²) >= 11 is 0. The van der Waals surface area contributed by atoms with Gasteiger partial charge in [0.1, 0.15) is 5.75 Å². The van der Waals surface area contributed by atoms with E-state index in [0.29, 0.717) is 19.6 Å². The summed E-state index contributed by atoms with van der Waals surface area (Å²) in [7, 11) is 0. The number of carbonyl (C=O) groups excluding carboxylic acids is 2. The third kappa shape index (κ3) is 5.99. The lowest BCUT2D eigenvalue weighted by molar-refractivity contribution is -0.143. The Morgan fingerprint density at radius 1 is 0.882 bits per heavy atom. The van der Waals surface area contributed by atoms with Crippen molar-refractivity contribution in [3.63, 3.8) is 0 Å². The quantitative estimate of drug-likeness (QED) is 0.537. The van der Waals surface area contributed by atoms with Crippen molar-refractivity contribution in [2.24, 2.45) is 5.41 Å². The molecule has 34 heavy (non-hydrogen) atoms. The molecule has 2 unspecified atom stereocenters. The molecule has 2 aliphatic rings. The first kappa shape index (κ1) is 24.3. The van der Waals surface area contributed by atoms with Gasteiger partial charge in [-0.25, -0.2) is 0 Å². The van der Waals surface area contributed by atoms with E-state index < -0.39 is 0 Å². The summed E-state index contributed by atoms with van der Waals surface area (Å²) in [6.45, 7) is 5.54. The van der Waals surface area contributed by atoms with Crippen LogP contribution in [0.2, 0.25) is 0 Å². The normalized spacial score (nSPS) is 21.7. The molecular formula is C29H38N2O3. The van der Waals surface area contributed by atoms with Gasteiger partial charge >= 0.3 is 0 Å². The van der Waals surface area contributed by atoms with Crippen molar-refractivity contribution >= 4 is 11.8 Å². The number of amides is 2. The van der Waals surface area contributed by atoms with E-state index in [4.69, 9.17) is 4.74 Å². The highest BCUT2D eigenvalue weighted by molar-refractivity contribution is 5.84. The van der Waals surface area contributed by atoms with E-state index in [1.54, 1.807) is 0 Å². The summed E-state index contributed by atoms with van der Waals surface area (Å²) in [6.07, 6.45) is 6.35. The molecule has 5 nitrogen and oxygen atoms in total. The molecule has 2 aromatic carbocycles. The fourth-order valence-corrected chi connectivity index (χ4v) is 5.50. The maximum absolute atomic E-state index is 13.7. The fourth-order valence-electron chi connectivity index (χ4n) is 5.50. The van der Waals surface area contributed by atoms with Crippen molar-refractivity contribution in [3.05, 3.63) is 66.2 Å². The standard InChI is InChI=1S/C29H38N2O3/c1-2-26(24-13-6-3-7-14-24)28(33)31-20-12-17-29(22-31,23-34-25-15-8-4-9-16-25)21-27(32)30-18-10-5-11-19-30/h3-4,6-9,13-16,26H,2,5,10-12,17-23H2,1H3. The van der Waals surface area contributed by atoms with Crippen LogP contribution in [-0.2, 0) is 9.59 Å². The molecule has 0 aromatic heterocycles. The number of benzene rings is 2. The Hall–Kier alpha value is -2.82. The van der Waals surface area contributed by atoms with E-state index in [0.717, 1.165) is 63.1 Å². The molecule has 2 amide bonds. The summed E-state index contributed by atoms with van der Waals surface area (Å²) in [4.78, 5) is 31.0. The van der Waals surface area contributed by atoms with Gasteiger partial charge in [-0.15, -0.1) is 0 Å². The van der Waals surface area contributed by atoms with Crippen LogP contribution in [0.25, 0.3) is 0 Å². The zero-order valence-corrected chi connectivity index (χ0v) is 20.5. The third-order valence-electron chi connectivity index (χ3n) is 7.40. The van der Waals surface area contributed by atoms with E-state index >= 15 is 0 Å². The lowest BCUT2D eigenvalue weighted by atomic mass is 9.76. The minimum atomic E-state index is -0.368. The molecule has 2 aromatic rings. The second-order valence-corrected chi connectivity index (χ2v) is 9.95. The number of hydrogen-bond donors (Lipinski definition) is 0. The molecule has 0 radical (unpaired) electrons. The van der Waals surface area contributed by atoms with Crippen LogP contribution in [0.15, 0.2) is 60.7 Å². The van der Waals surface area contributed by atoms with Gasteiger partial charge in [-0.2, -0.15) is 0 Å². The molecular weight excluding hydrogens is 424 g/mol. The van der Waals surface area contributed by atoms with E-state index in [1.165, 1.54) is 6.42 Å². The van der Waals surface area contributed by atoms with Crippen LogP contribution in [0.5, 0.6) is 5.75 Å². The lowest BCUT2D eigenvalue weighted by Crippen LogP contribution is -2.52. The minimum absolute atomic E-state index is 0.148. The summed E-state index contributed by atoms with van der Waals surface area (Å²) < 4.78 is 6.23. The Bertz CT molecular complexity index is 927. The summed E-state index contributed by atoms with van der Waals surface area (Å²) in [5.74, 6) is 1.04. The molecule has 0 aliphatic carbocycles. The maximum atomic E-state index is 13.7. The van der Waals surface area contributed by atoms with Crippen molar-refractivity contribution in [1.82, 2.24) is 9.80 Å². The van der Waals surface area contributed by atoms with Crippen LogP contribution >= 0.6 is 0 Å². The Kier molecular flexibility index (Phi) is 8.25. The fraction of sp³-hybridized carbons (Fsp3) is 0.517. The van der Waals surface area contributed by atoms with Crippen LogP contribution in [0.4, 0.5) is 0 Å².